The summed E-state index contributed by atoms with van der Waals surface area (Å²) >= 11 is 0. The number of nitrogens with one attached hydrogen (secondary N) is 1. The molecule has 1 aliphatic rings. The molecule has 0 aromatic heterocycles. The van der Waals surface area contributed by atoms with Gasteiger partial charge in [-0.05, 0) is 36.2 Å². The molecule has 0 aliphatic carbocycles. The minimum Gasteiger partial charge on any atom is -0.497 e. The first-order valence-electron chi connectivity index (χ1n) is 15.1. The smallest absolute Gasteiger partial charge is 0.435 e. The number of ether oxygens (including phenoxy) is 3. The summed E-state index contributed by atoms with van der Waals surface area (Å²) in [6, 6.07) is 14.5. The maximum absolute atomic E-state index is 12.2. The third-order valence-corrected chi connectivity index (χ3v) is 7.26. The van der Waals surface area contributed by atoms with Gasteiger partial charge in [-0.2, -0.15) is 4.99 Å². The van der Waals surface area contributed by atoms with Crippen LogP contribution in [0.3, 0.4) is 0 Å². The van der Waals surface area contributed by atoms with Gasteiger partial charge in [0.1, 0.15) is 11.5 Å². The number of unbranched alkanes of at least 4 members (excludes halogenated alkanes) is 13. The van der Waals surface area contributed by atoms with E-state index < -0.39 is 18.3 Å². The SMILES string of the molecule is CCCCCCCCCCCCCCCCOC(=O)Nc1ccc(C2=NC(=O)OC2c2ccc(OC)cc2)cc1. The fraction of sp³-hybridized carbons (Fsp3) is 0.545. The highest BCUT2D eigenvalue weighted by Crippen LogP contribution is 2.30. The highest BCUT2D eigenvalue weighted by Gasteiger charge is 2.31. The Balaban J connectivity index is 1.27. The molecule has 1 unspecified atom stereocenters. The number of amides is 2. The van der Waals surface area contributed by atoms with Gasteiger partial charge in [-0.3, -0.25) is 5.32 Å². The lowest BCUT2D eigenvalue weighted by atomic mass is 9.99. The summed E-state index contributed by atoms with van der Waals surface area (Å²) in [5, 5.41) is 2.76. The van der Waals surface area contributed by atoms with Crippen LogP contribution in [0.4, 0.5) is 15.3 Å². The molecule has 1 atom stereocenters. The van der Waals surface area contributed by atoms with Gasteiger partial charge in [-0.25, -0.2) is 9.59 Å². The molecule has 1 N–H and O–H groups in total. The number of aliphatic imine (C=N–C) groups is 1. The van der Waals surface area contributed by atoms with Gasteiger partial charge in [-0.15, -0.1) is 0 Å². The molecule has 0 spiro atoms. The lowest BCUT2D eigenvalue weighted by Crippen LogP contribution is -2.15. The van der Waals surface area contributed by atoms with Crippen molar-refractivity contribution in [3.8, 4) is 5.75 Å². The van der Waals surface area contributed by atoms with Crippen LogP contribution in [0.2, 0.25) is 0 Å². The van der Waals surface area contributed by atoms with Crippen molar-refractivity contribution in [2.24, 2.45) is 4.99 Å². The molecule has 0 fully saturated rings. The summed E-state index contributed by atoms with van der Waals surface area (Å²) in [6.45, 7) is 2.68. The Bertz CT molecular complexity index is 1050. The summed E-state index contributed by atoms with van der Waals surface area (Å²) < 4.78 is 16.0. The van der Waals surface area contributed by atoms with Crippen molar-refractivity contribution in [3.05, 3.63) is 59.7 Å². The zero-order valence-corrected chi connectivity index (χ0v) is 24.3. The molecule has 2 aromatic rings. The number of nitrogens with zero attached hydrogens (tertiary/aromatic N) is 1. The number of methoxy groups -OCH3 is 1. The van der Waals surface area contributed by atoms with Crippen molar-refractivity contribution in [1.29, 1.82) is 0 Å². The number of cyclic esters (lactones) is 1. The van der Waals surface area contributed by atoms with Crippen LogP contribution >= 0.6 is 0 Å². The van der Waals surface area contributed by atoms with E-state index in [4.69, 9.17) is 14.2 Å². The summed E-state index contributed by atoms with van der Waals surface area (Å²) in [4.78, 5) is 28.2. The Labute approximate surface area is 239 Å². The standard InChI is InChI=1S/C33H46N2O5/c1-3-4-5-6-7-8-9-10-11-12-13-14-15-16-25-39-32(36)34-28-21-17-26(18-22-28)30-31(40-33(37)35-30)27-19-23-29(38-2)24-20-27/h17-24,31H,3-16,25H2,1-2H3,(H,34,36). The van der Waals surface area contributed by atoms with E-state index in [2.05, 4.69) is 17.2 Å². The fourth-order valence-electron chi connectivity index (χ4n) is 4.90. The average Bonchev–Trinajstić information content (AvgIpc) is 3.37. The molecular formula is C33H46N2O5. The van der Waals surface area contributed by atoms with E-state index in [1.54, 1.807) is 31.4 Å². The first-order chi connectivity index (χ1) is 19.6. The Morgan fingerprint density at radius 3 is 1.90 bits per heavy atom. The number of benzene rings is 2. The lowest BCUT2D eigenvalue weighted by Gasteiger charge is -2.14. The van der Waals surface area contributed by atoms with Crippen LogP contribution in [-0.2, 0) is 9.47 Å². The zero-order valence-electron chi connectivity index (χ0n) is 24.3. The Morgan fingerprint density at radius 2 is 1.35 bits per heavy atom. The van der Waals surface area contributed by atoms with Crippen molar-refractivity contribution in [1.82, 2.24) is 0 Å². The molecule has 3 rings (SSSR count). The number of hydrogen-bond donors (Lipinski definition) is 1. The van der Waals surface area contributed by atoms with Gasteiger partial charge in [-0.1, -0.05) is 115 Å². The molecule has 1 aliphatic heterocycles. The minimum absolute atomic E-state index is 0.418. The molecule has 7 nitrogen and oxygen atoms in total. The number of carbonyl (C=O) groups is 2. The number of hydrogen-bond acceptors (Lipinski definition) is 5. The molecule has 7 heteroatoms. The monoisotopic (exact) mass is 550 g/mol. The first kappa shape index (κ1) is 31.2. The van der Waals surface area contributed by atoms with E-state index in [9.17, 15) is 9.59 Å². The molecule has 218 valence electrons. The van der Waals surface area contributed by atoms with Crippen molar-refractivity contribution in [3.63, 3.8) is 0 Å². The van der Waals surface area contributed by atoms with Gasteiger partial charge in [0.2, 0.25) is 0 Å². The second kappa shape index (κ2) is 18.1. The second-order valence-electron chi connectivity index (χ2n) is 10.5. The molecule has 2 amide bonds. The Kier molecular flexibility index (Phi) is 14.1. The van der Waals surface area contributed by atoms with Gasteiger partial charge in [0.25, 0.3) is 0 Å². The van der Waals surface area contributed by atoms with Crippen molar-refractivity contribution in [2.75, 3.05) is 19.0 Å². The van der Waals surface area contributed by atoms with Gasteiger partial charge >= 0.3 is 12.2 Å². The molecule has 0 radical (unpaired) electrons. The highest BCUT2D eigenvalue weighted by molar-refractivity contribution is 6.12. The molecule has 0 bridgehead atoms. The van der Waals surface area contributed by atoms with E-state index in [1.807, 2.05) is 24.3 Å². The molecular weight excluding hydrogens is 504 g/mol. The van der Waals surface area contributed by atoms with E-state index in [0.29, 0.717) is 18.0 Å². The van der Waals surface area contributed by atoms with Crippen LogP contribution in [0.25, 0.3) is 0 Å². The van der Waals surface area contributed by atoms with Crippen LogP contribution in [0.1, 0.15) is 114 Å². The van der Waals surface area contributed by atoms with Crippen LogP contribution in [0.5, 0.6) is 5.75 Å². The molecule has 0 saturated heterocycles. The van der Waals surface area contributed by atoms with Crippen molar-refractivity contribution < 1.29 is 23.8 Å². The zero-order chi connectivity index (χ0) is 28.4. The molecule has 0 saturated carbocycles. The van der Waals surface area contributed by atoms with Gasteiger partial charge in [0.05, 0.1) is 13.7 Å². The Morgan fingerprint density at radius 1 is 0.800 bits per heavy atom. The third-order valence-electron chi connectivity index (χ3n) is 7.26. The summed E-state index contributed by atoms with van der Waals surface area (Å²) in [5.74, 6) is 0.721. The maximum atomic E-state index is 12.2. The predicted molar refractivity (Wildman–Crippen MR) is 160 cm³/mol. The number of rotatable bonds is 19. The van der Waals surface area contributed by atoms with Gasteiger partial charge < -0.3 is 14.2 Å². The molecule has 2 aromatic carbocycles. The van der Waals surface area contributed by atoms with E-state index in [0.717, 1.165) is 29.7 Å². The van der Waals surface area contributed by atoms with Gasteiger partial charge in [0, 0.05) is 11.3 Å². The van der Waals surface area contributed by atoms with Crippen LogP contribution in [-0.4, -0.2) is 31.6 Å². The summed E-state index contributed by atoms with van der Waals surface area (Å²) in [5.41, 5.74) is 2.69. The second-order valence-corrected chi connectivity index (χ2v) is 10.5. The molecule has 40 heavy (non-hydrogen) atoms. The van der Waals surface area contributed by atoms with Crippen LogP contribution in [0, 0.1) is 0 Å². The van der Waals surface area contributed by atoms with Crippen LogP contribution in [0.15, 0.2) is 53.5 Å². The maximum Gasteiger partial charge on any atom is 0.435 e. The topological polar surface area (TPSA) is 86.2 Å². The minimum atomic E-state index is -0.620. The normalized spacial score (nSPS) is 14.5. The number of carbonyl (C=O) groups excluding carboxylic acids is 2. The first-order valence-corrected chi connectivity index (χ1v) is 15.1. The lowest BCUT2D eigenvalue weighted by molar-refractivity contribution is 0.149. The fourth-order valence-corrected chi connectivity index (χ4v) is 4.90. The van der Waals surface area contributed by atoms with E-state index in [-0.39, 0.29) is 0 Å². The average molecular weight is 551 g/mol. The van der Waals surface area contributed by atoms with Crippen LogP contribution < -0.4 is 10.1 Å². The third kappa shape index (κ3) is 11.0. The quantitative estimate of drug-likeness (QED) is 0.176. The summed E-state index contributed by atoms with van der Waals surface area (Å²) in [7, 11) is 1.60. The highest BCUT2D eigenvalue weighted by atomic mass is 16.6. The number of anilines is 1. The van der Waals surface area contributed by atoms with Crippen molar-refractivity contribution >= 4 is 23.6 Å². The molecule has 1 heterocycles. The van der Waals surface area contributed by atoms with E-state index >= 15 is 0 Å². The Hall–Kier alpha value is -3.35. The van der Waals surface area contributed by atoms with E-state index in [1.165, 1.54) is 77.0 Å². The predicted octanol–water partition coefficient (Wildman–Crippen LogP) is 9.41. The summed E-state index contributed by atoms with van der Waals surface area (Å²) in [6.07, 6.45) is 16.4. The largest absolute Gasteiger partial charge is 0.497 e. The van der Waals surface area contributed by atoms with Crippen molar-refractivity contribution in [2.45, 2.75) is 103 Å². The van der Waals surface area contributed by atoms with Gasteiger partial charge in [0.15, 0.2) is 6.10 Å².